The molecule has 1 aliphatic carbocycles. The Bertz CT molecular complexity index is 508. The molecule has 0 unspecified atom stereocenters. The van der Waals surface area contributed by atoms with Crippen molar-refractivity contribution in [1.29, 1.82) is 0 Å². The molecule has 0 bridgehead atoms. The van der Waals surface area contributed by atoms with Crippen LogP contribution in [0.1, 0.15) is 37.7 Å². The average molecular weight is 332 g/mol. The van der Waals surface area contributed by atoms with Crippen LogP contribution in [0, 0.1) is 11.8 Å². The molecule has 4 nitrogen and oxygen atoms in total. The molecule has 1 aliphatic heterocycles. The molecule has 1 aromatic carbocycles. The number of β-amino-alcohol motifs (C(OH)–C–C–N with tert-alkyl or cyclic N) is 1. The summed E-state index contributed by atoms with van der Waals surface area (Å²) in [6.45, 7) is 4.56. The monoisotopic (exact) mass is 332 g/mol. The van der Waals surface area contributed by atoms with Crippen molar-refractivity contribution >= 4 is 0 Å². The Morgan fingerprint density at radius 2 is 2.08 bits per heavy atom. The summed E-state index contributed by atoms with van der Waals surface area (Å²) < 4.78 is 5.24. The van der Waals surface area contributed by atoms with E-state index in [1.165, 1.54) is 44.2 Å². The SMILES string of the molecule is COc1cccc(CNC[C@@H](O)CN2CC[C@@H]3CCCC[C@@H]3C2)c1. The van der Waals surface area contributed by atoms with Crippen LogP contribution in [-0.4, -0.2) is 49.4 Å². The molecule has 3 atom stereocenters. The number of aliphatic hydroxyl groups excluding tert-OH is 1. The second-order valence-corrected chi connectivity index (χ2v) is 7.49. The Hall–Kier alpha value is -1.10. The molecule has 1 saturated carbocycles. The zero-order valence-electron chi connectivity index (χ0n) is 14.9. The Morgan fingerprint density at radius 3 is 2.92 bits per heavy atom. The highest BCUT2D eigenvalue weighted by Crippen LogP contribution is 2.35. The predicted octanol–water partition coefficient (Wildman–Crippen LogP) is 2.66. The van der Waals surface area contributed by atoms with Gasteiger partial charge in [-0.05, 0) is 48.9 Å². The van der Waals surface area contributed by atoms with E-state index in [-0.39, 0.29) is 6.10 Å². The molecule has 1 heterocycles. The molecule has 2 aliphatic rings. The van der Waals surface area contributed by atoms with Gasteiger partial charge in [0.2, 0.25) is 0 Å². The normalized spacial score (nSPS) is 25.9. The number of rotatable bonds is 7. The summed E-state index contributed by atoms with van der Waals surface area (Å²) in [5.74, 6) is 2.72. The molecule has 134 valence electrons. The first-order chi connectivity index (χ1) is 11.7. The highest BCUT2D eigenvalue weighted by atomic mass is 16.5. The minimum atomic E-state index is -0.296. The second kappa shape index (κ2) is 8.84. The Kier molecular flexibility index (Phi) is 6.52. The van der Waals surface area contributed by atoms with Crippen molar-refractivity contribution in [1.82, 2.24) is 10.2 Å². The third kappa shape index (κ3) is 4.95. The van der Waals surface area contributed by atoms with Gasteiger partial charge in [0, 0.05) is 26.2 Å². The number of nitrogens with one attached hydrogen (secondary N) is 1. The maximum Gasteiger partial charge on any atom is 0.119 e. The van der Waals surface area contributed by atoms with Crippen molar-refractivity contribution < 1.29 is 9.84 Å². The van der Waals surface area contributed by atoms with Crippen LogP contribution in [-0.2, 0) is 6.54 Å². The van der Waals surface area contributed by atoms with E-state index in [0.717, 1.165) is 37.2 Å². The molecular weight excluding hydrogens is 300 g/mol. The first-order valence-electron chi connectivity index (χ1n) is 9.48. The highest BCUT2D eigenvalue weighted by molar-refractivity contribution is 5.28. The Balaban J connectivity index is 1.37. The van der Waals surface area contributed by atoms with Crippen molar-refractivity contribution in [3.63, 3.8) is 0 Å². The van der Waals surface area contributed by atoms with Gasteiger partial charge in [-0.3, -0.25) is 0 Å². The average Bonchev–Trinajstić information content (AvgIpc) is 2.62. The summed E-state index contributed by atoms with van der Waals surface area (Å²) in [6, 6.07) is 8.07. The minimum Gasteiger partial charge on any atom is -0.497 e. The fourth-order valence-electron chi connectivity index (χ4n) is 4.37. The molecule has 1 saturated heterocycles. The van der Waals surface area contributed by atoms with E-state index in [2.05, 4.69) is 16.3 Å². The second-order valence-electron chi connectivity index (χ2n) is 7.49. The number of hydrogen-bond donors (Lipinski definition) is 2. The first-order valence-corrected chi connectivity index (χ1v) is 9.48. The zero-order valence-corrected chi connectivity index (χ0v) is 14.9. The molecule has 0 radical (unpaired) electrons. The summed E-state index contributed by atoms with van der Waals surface area (Å²) in [7, 11) is 1.69. The molecule has 0 spiro atoms. The van der Waals surface area contributed by atoms with E-state index in [4.69, 9.17) is 4.74 Å². The number of piperidine rings is 1. The van der Waals surface area contributed by atoms with E-state index < -0.39 is 0 Å². The summed E-state index contributed by atoms with van der Waals surface area (Å²) in [4.78, 5) is 2.48. The largest absolute Gasteiger partial charge is 0.497 e. The molecular formula is C20H32N2O2. The van der Waals surface area contributed by atoms with E-state index in [1.807, 2.05) is 18.2 Å². The lowest BCUT2D eigenvalue weighted by Crippen LogP contribution is -2.46. The third-order valence-corrected chi connectivity index (χ3v) is 5.69. The predicted molar refractivity (Wildman–Crippen MR) is 97.2 cm³/mol. The lowest BCUT2D eigenvalue weighted by molar-refractivity contribution is 0.0463. The third-order valence-electron chi connectivity index (χ3n) is 5.69. The van der Waals surface area contributed by atoms with Crippen molar-refractivity contribution in [2.45, 2.75) is 44.8 Å². The highest BCUT2D eigenvalue weighted by Gasteiger charge is 2.31. The van der Waals surface area contributed by atoms with Crippen LogP contribution < -0.4 is 10.1 Å². The summed E-state index contributed by atoms with van der Waals surface area (Å²) in [5, 5.41) is 13.7. The van der Waals surface area contributed by atoms with Gasteiger partial charge >= 0.3 is 0 Å². The van der Waals surface area contributed by atoms with Crippen LogP contribution >= 0.6 is 0 Å². The number of benzene rings is 1. The number of nitrogens with zero attached hydrogens (tertiary/aromatic N) is 1. The van der Waals surface area contributed by atoms with E-state index in [0.29, 0.717) is 6.54 Å². The number of methoxy groups -OCH3 is 1. The smallest absolute Gasteiger partial charge is 0.119 e. The molecule has 2 fully saturated rings. The molecule has 0 amide bonds. The summed E-state index contributed by atoms with van der Waals surface area (Å²) >= 11 is 0. The maximum atomic E-state index is 10.3. The van der Waals surface area contributed by atoms with Crippen molar-refractivity contribution in [2.75, 3.05) is 33.3 Å². The van der Waals surface area contributed by atoms with Gasteiger partial charge in [-0.1, -0.05) is 31.4 Å². The van der Waals surface area contributed by atoms with Crippen molar-refractivity contribution in [3.05, 3.63) is 29.8 Å². The van der Waals surface area contributed by atoms with Gasteiger partial charge in [-0.2, -0.15) is 0 Å². The number of hydrogen-bond acceptors (Lipinski definition) is 4. The van der Waals surface area contributed by atoms with Gasteiger partial charge in [0.15, 0.2) is 0 Å². The van der Waals surface area contributed by atoms with Crippen LogP contribution in [0.4, 0.5) is 0 Å². The number of likely N-dealkylation sites (tertiary alicyclic amines) is 1. The van der Waals surface area contributed by atoms with Gasteiger partial charge in [0.05, 0.1) is 13.2 Å². The van der Waals surface area contributed by atoms with Crippen LogP contribution in [0.3, 0.4) is 0 Å². The van der Waals surface area contributed by atoms with E-state index in [9.17, 15) is 5.11 Å². The van der Waals surface area contributed by atoms with Gasteiger partial charge in [-0.15, -0.1) is 0 Å². The summed E-state index contributed by atoms with van der Waals surface area (Å²) in [5.41, 5.74) is 1.18. The van der Waals surface area contributed by atoms with Crippen LogP contribution in [0.5, 0.6) is 5.75 Å². The molecule has 1 aromatic rings. The van der Waals surface area contributed by atoms with Gasteiger partial charge < -0.3 is 20.1 Å². The number of aliphatic hydroxyl groups is 1. The molecule has 0 aromatic heterocycles. The maximum absolute atomic E-state index is 10.3. The lowest BCUT2D eigenvalue weighted by Gasteiger charge is -2.41. The zero-order chi connectivity index (χ0) is 16.8. The molecule has 3 rings (SSSR count). The lowest BCUT2D eigenvalue weighted by atomic mass is 9.75. The minimum absolute atomic E-state index is 0.296. The van der Waals surface area contributed by atoms with Crippen LogP contribution in [0.15, 0.2) is 24.3 Å². The topological polar surface area (TPSA) is 44.7 Å². The molecule has 4 heteroatoms. The summed E-state index contributed by atoms with van der Waals surface area (Å²) in [6.07, 6.45) is 6.69. The van der Waals surface area contributed by atoms with Crippen molar-refractivity contribution in [2.24, 2.45) is 11.8 Å². The Morgan fingerprint density at radius 1 is 1.25 bits per heavy atom. The fourth-order valence-corrected chi connectivity index (χ4v) is 4.37. The number of fused-ring (bicyclic) bond motifs is 1. The standard InChI is InChI=1S/C20H32N2O2/c1-24-20-8-4-5-16(11-20)12-21-13-19(23)15-22-10-9-17-6-2-3-7-18(17)14-22/h4-5,8,11,17-19,21,23H,2-3,6-7,9-10,12-15H2,1H3/t17-,18+,19+/m0/s1. The van der Waals surface area contributed by atoms with Crippen LogP contribution in [0.2, 0.25) is 0 Å². The molecule has 2 N–H and O–H groups in total. The fraction of sp³-hybridized carbons (Fsp3) is 0.700. The van der Waals surface area contributed by atoms with E-state index in [1.54, 1.807) is 7.11 Å². The van der Waals surface area contributed by atoms with E-state index >= 15 is 0 Å². The Labute approximate surface area is 146 Å². The van der Waals surface area contributed by atoms with Gasteiger partial charge in [-0.25, -0.2) is 0 Å². The number of ether oxygens (including phenoxy) is 1. The van der Waals surface area contributed by atoms with Crippen molar-refractivity contribution in [3.8, 4) is 5.75 Å². The first kappa shape index (κ1) is 17.7. The molecule has 24 heavy (non-hydrogen) atoms. The van der Waals surface area contributed by atoms with Gasteiger partial charge in [0.25, 0.3) is 0 Å². The van der Waals surface area contributed by atoms with Gasteiger partial charge in [0.1, 0.15) is 5.75 Å². The quantitative estimate of drug-likeness (QED) is 0.806. The van der Waals surface area contributed by atoms with Crippen LogP contribution in [0.25, 0.3) is 0 Å².